The van der Waals surface area contributed by atoms with Gasteiger partial charge in [-0.25, -0.2) is 4.99 Å². The Balaban J connectivity index is 0.00000288. The standard InChI is InChI=1S/C16H30N4O2S.HI/c1-16(6-4-8-23-16)12-19-15(18-10-14(21)20(2)3)17-9-13-5-7-22-11-13;/h13H,4-12H2,1-3H3,(H2,17,18,19);1H. The van der Waals surface area contributed by atoms with Crippen molar-refractivity contribution in [2.24, 2.45) is 10.9 Å². The maximum absolute atomic E-state index is 11.8. The van der Waals surface area contributed by atoms with Crippen molar-refractivity contribution in [3.8, 4) is 0 Å². The molecule has 1 amide bonds. The van der Waals surface area contributed by atoms with Crippen LogP contribution in [0, 0.1) is 5.92 Å². The summed E-state index contributed by atoms with van der Waals surface area (Å²) in [6, 6.07) is 0. The lowest BCUT2D eigenvalue weighted by molar-refractivity contribution is -0.127. The van der Waals surface area contributed by atoms with Crippen molar-refractivity contribution >= 4 is 47.6 Å². The minimum absolute atomic E-state index is 0. The molecule has 24 heavy (non-hydrogen) atoms. The van der Waals surface area contributed by atoms with Crippen LogP contribution in [0.3, 0.4) is 0 Å². The number of nitrogens with one attached hydrogen (secondary N) is 2. The minimum atomic E-state index is 0. The Morgan fingerprint density at radius 1 is 1.42 bits per heavy atom. The first-order valence-corrected chi connectivity index (χ1v) is 9.41. The molecule has 0 saturated carbocycles. The van der Waals surface area contributed by atoms with Gasteiger partial charge in [0.05, 0.1) is 6.61 Å². The van der Waals surface area contributed by atoms with E-state index >= 15 is 0 Å². The van der Waals surface area contributed by atoms with E-state index in [4.69, 9.17) is 4.74 Å². The van der Waals surface area contributed by atoms with Crippen LogP contribution >= 0.6 is 35.7 Å². The number of aliphatic imine (C=N–C) groups is 1. The second kappa shape index (κ2) is 10.7. The third kappa shape index (κ3) is 7.35. The summed E-state index contributed by atoms with van der Waals surface area (Å²) in [4.78, 5) is 17.8. The summed E-state index contributed by atoms with van der Waals surface area (Å²) in [6.45, 7) is 5.84. The van der Waals surface area contributed by atoms with Gasteiger partial charge in [-0.05, 0) is 31.9 Å². The highest BCUT2D eigenvalue weighted by molar-refractivity contribution is 14.0. The molecule has 2 rings (SSSR count). The maximum Gasteiger partial charge on any atom is 0.243 e. The number of hydrogen-bond donors (Lipinski definition) is 2. The lowest BCUT2D eigenvalue weighted by atomic mass is 10.1. The molecule has 0 spiro atoms. The molecule has 0 aromatic heterocycles. The molecule has 0 aromatic carbocycles. The van der Waals surface area contributed by atoms with E-state index in [1.54, 1.807) is 19.0 Å². The third-order valence-electron chi connectivity index (χ3n) is 4.38. The second-order valence-electron chi connectivity index (χ2n) is 6.82. The molecular formula is C16H31IN4O2S. The van der Waals surface area contributed by atoms with Gasteiger partial charge in [-0.1, -0.05) is 0 Å². The van der Waals surface area contributed by atoms with Crippen LogP contribution in [0.2, 0.25) is 0 Å². The molecule has 0 radical (unpaired) electrons. The Morgan fingerprint density at radius 3 is 2.79 bits per heavy atom. The van der Waals surface area contributed by atoms with Crippen LogP contribution in [0.15, 0.2) is 4.99 Å². The topological polar surface area (TPSA) is 66.0 Å². The quantitative estimate of drug-likeness (QED) is 0.351. The minimum Gasteiger partial charge on any atom is -0.381 e. The van der Waals surface area contributed by atoms with E-state index in [0.717, 1.165) is 38.7 Å². The largest absolute Gasteiger partial charge is 0.381 e. The first-order chi connectivity index (χ1) is 11.0. The van der Waals surface area contributed by atoms with Gasteiger partial charge in [-0.15, -0.1) is 24.0 Å². The van der Waals surface area contributed by atoms with E-state index in [2.05, 4.69) is 22.5 Å². The highest BCUT2D eigenvalue weighted by Crippen LogP contribution is 2.36. The van der Waals surface area contributed by atoms with Crippen molar-refractivity contribution in [2.45, 2.75) is 30.9 Å². The molecule has 2 saturated heterocycles. The van der Waals surface area contributed by atoms with Gasteiger partial charge in [0.25, 0.3) is 0 Å². The number of thioether (sulfide) groups is 1. The monoisotopic (exact) mass is 470 g/mol. The average Bonchev–Trinajstić information content (AvgIpc) is 3.18. The number of nitrogens with zero attached hydrogens (tertiary/aromatic N) is 2. The first kappa shape index (κ1) is 21.8. The van der Waals surface area contributed by atoms with Crippen molar-refractivity contribution in [1.29, 1.82) is 0 Å². The maximum atomic E-state index is 11.8. The number of amides is 1. The number of guanidine groups is 1. The number of carbonyl (C=O) groups excluding carboxylic acids is 1. The molecule has 2 fully saturated rings. The second-order valence-corrected chi connectivity index (χ2v) is 8.50. The van der Waals surface area contributed by atoms with E-state index < -0.39 is 0 Å². The van der Waals surface area contributed by atoms with Gasteiger partial charge in [0.1, 0.15) is 6.54 Å². The van der Waals surface area contributed by atoms with Gasteiger partial charge in [-0.3, -0.25) is 4.79 Å². The Kier molecular flexibility index (Phi) is 9.73. The third-order valence-corrected chi connectivity index (χ3v) is 5.92. The predicted molar refractivity (Wildman–Crippen MR) is 111 cm³/mol. The zero-order valence-corrected chi connectivity index (χ0v) is 18.1. The summed E-state index contributed by atoms with van der Waals surface area (Å²) in [6.07, 6.45) is 3.59. The number of carbonyl (C=O) groups is 1. The summed E-state index contributed by atoms with van der Waals surface area (Å²) in [7, 11) is 3.51. The molecule has 2 aliphatic heterocycles. The Bertz CT molecular complexity index is 422. The lowest BCUT2D eigenvalue weighted by Gasteiger charge is -2.25. The number of ether oxygens (including phenoxy) is 1. The number of hydrogen-bond acceptors (Lipinski definition) is 4. The lowest BCUT2D eigenvalue weighted by Crippen LogP contribution is -2.45. The van der Waals surface area contributed by atoms with E-state index in [0.29, 0.717) is 5.92 Å². The fraction of sp³-hybridized carbons (Fsp3) is 0.875. The van der Waals surface area contributed by atoms with Gasteiger partial charge in [0, 0.05) is 44.5 Å². The predicted octanol–water partition coefficient (Wildman–Crippen LogP) is 1.55. The summed E-state index contributed by atoms with van der Waals surface area (Å²) in [5.41, 5.74) is 0. The molecule has 6 nitrogen and oxygen atoms in total. The van der Waals surface area contributed by atoms with Gasteiger partial charge in [-0.2, -0.15) is 11.8 Å². The normalized spacial score (nSPS) is 26.8. The van der Waals surface area contributed by atoms with Crippen LogP contribution in [0.4, 0.5) is 0 Å². The van der Waals surface area contributed by atoms with E-state index in [-0.39, 0.29) is 41.2 Å². The molecule has 2 unspecified atom stereocenters. The van der Waals surface area contributed by atoms with Crippen LogP contribution in [-0.4, -0.2) is 74.2 Å². The molecule has 2 heterocycles. The van der Waals surface area contributed by atoms with Gasteiger partial charge < -0.3 is 20.3 Å². The fourth-order valence-electron chi connectivity index (χ4n) is 2.69. The molecule has 8 heteroatoms. The van der Waals surface area contributed by atoms with E-state index in [1.165, 1.54) is 18.6 Å². The van der Waals surface area contributed by atoms with Crippen molar-refractivity contribution in [3.63, 3.8) is 0 Å². The molecule has 140 valence electrons. The molecule has 2 N–H and O–H groups in total. The smallest absolute Gasteiger partial charge is 0.243 e. The molecular weight excluding hydrogens is 439 g/mol. The summed E-state index contributed by atoms with van der Waals surface area (Å²) < 4.78 is 5.68. The highest BCUT2D eigenvalue weighted by atomic mass is 127. The van der Waals surface area contributed by atoms with Crippen LogP contribution in [0.5, 0.6) is 0 Å². The number of likely N-dealkylation sites (N-methyl/N-ethyl adjacent to an activating group) is 1. The van der Waals surface area contributed by atoms with Crippen molar-refractivity contribution in [2.75, 3.05) is 52.7 Å². The molecule has 2 atom stereocenters. The van der Waals surface area contributed by atoms with Crippen LogP contribution < -0.4 is 10.6 Å². The Labute approximate surface area is 166 Å². The molecule has 0 aromatic rings. The Hall–Kier alpha value is -0.220. The zero-order valence-electron chi connectivity index (χ0n) is 15.0. The summed E-state index contributed by atoms with van der Waals surface area (Å²) >= 11 is 2.02. The molecule has 0 aliphatic carbocycles. The number of rotatable bonds is 6. The van der Waals surface area contributed by atoms with E-state index in [9.17, 15) is 4.79 Å². The van der Waals surface area contributed by atoms with Crippen molar-refractivity contribution in [1.82, 2.24) is 15.5 Å². The summed E-state index contributed by atoms with van der Waals surface area (Å²) in [5, 5.41) is 6.80. The van der Waals surface area contributed by atoms with Gasteiger partial charge in [0.2, 0.25) is 5.91 Å². The van der Waals surface area contributed by atoms with Gasteiger partial charge in [0.15, 0.2) is 5.96 Å². The average molecular weight is 470 g/mol. The SMILES string of the molecule is CN(C)C(=O)CN=C(NCC1CCOC1)NCC1(C)CCCS1.I. The first-order valence-electron chi connectivity index (χ1n) is 8.42. The van der Waals surface area contributed by atoms with E-state index in [1.807, 2.05) is 11.8 Å². The number of halogens is 1. The Morgan fingerprint density at radius 2 is 2.21 bits per heavy atom. The molecule has 2 aliphatic rings. The fourth-order valence-corrected chi connectivity index (χ4v) is 3.94. The highest BCUT2D eigenvalue weighted by Gasteiger charge is 2.29. The zero-order chi connectivity index (χ0) is 16.7. The van der Waals surface area contributed by atoms with Crippen LogP contribution in [0.25, 0.3) is 0 Å². The van der Waals surface area contributed by atoms with Crippen molar-refractivity contribution < 1.29 is 9.53 Å². The van der Waals surface area contributed by atoms with Crippen molar-refractivity contribution in [3.05, 3.63) is 0 Å². The summed E-state index contributed by atoms with van der Waals surface area (Å²) in [5.74, 6) is 2.51. The van der Waals surface area contributed by atoms with Crippen LogP contribution in [0.1, 0.15) is 26.2 Å². The van der Waals surface area contributed by atoms with Gasteiger partial charge >= 0.3 is 0 Å². The van der Waals surface area contributed by atoms with Crippen LogP contribution in [-0.2, 0) is 9.53 Å². The molecule has 0 bridgehead atoms.